The molecule has 10 nitrogen and oxygen atoms in total. The summed E-state index contributed by atoms with van der Waals surface area (Å²) in [5.41, 5.74) is 3.01. The molecule has 0 saturated carbocycles. The molecule has 0 amide bonds. The molecule has 10 heteroatoms. The predicted molar refractivity (Wildman–Crippen MR) is 98.1 cm³/mol. The first-order valence-electron chi connectivity index (χ1n) is 7.62. The van der Waals surface area contributed by atoms with Gasteiger partial charge in [0.15, 0.2) is 0 Å². The lowest BCUT2D eigenvalue weighted by atomic mass is 10.1. The zero-order chi connectivity index (χ0) is 19.6. The Bertz CT molecular complexity index is 1130. The summed E-state index contributed by atoms with van der Waals surface area (Å²) in [7, 11) is 0. The van der Waals surface area contributed by atoms with Crippen LogP contribution in [0.1, 0.15) is 12.5 Å². The number of nitro benzene ring substituents is 2. The maximum absolute atomic E-state index is 12.1. The van der Waals surface area contributed by atoms with Gasteiger partial charge >= 0.3 is 5.63 Å². The van der Waals surface area contributed by atoms with Crippen molar-refractivity contribution in [3.63, 3.8) is 0 Å². The van der Waals surface area contributed by atoms with Crippen LogP contribution in [0.15, 0.2) is 62.8 Å². The number of hydrogen-bond donors (Lipinski definition) is 1. The van der Waals surface area contributed by atoms with Crippen LogP contribution in [-0.4, -0.2) is 15.6 Å². The Morgan fingerprint density at radius 2 is 1.63 bits per heavy atom. The Hall–Kier alpha value is -4.08. The SMILES string of the molecule is C/C(=N\Nc1ccc([N+](=O)[O-])cc1)c1cc2cc([N+](=O)[O-])ccc2oc1=O. The molecule has 3 aromatic rings. The van der Waals surface area contributed by atoms with Gasteiger partial charge in [-0.25, -0.2) is 4.79 Å². The van der Waals surface area contributed by atoms with Gasteiger partial charge in [0.2, 0.25) is 0 Å². The molecule has 2 aromatic carbocycles. The molecule has 0 bridgehead atoms. The van der Waals surface area contributed by atoms with Crippen LogP contribution >= 0.6 is 0 Å². The van der Waals surface area contributed by atoms with Crippen molar-refractivity contribution < 1.29 is 14.3 Å². The van der Waals surface area contributed by atoms with Gasteiger partial charge in [-0.3, -0.25) is 25.7 Å². The fourth-order valence-electron chi connectivity index (χ4n) is 2.34. The van der Waals surface area contributed by atoms with Crippen LogP contribution in [-0.2, 0) is 0 Å². The Morgan fingerprint density at radius 1 is 1.00 bits per heavy atom. The van der Waals surface area contributed by atoms with Crippen molar-refractivity contribution in [3.8, 4) is 0 Å². The highest BCUT2D eigenvalue weighted by Gasteiger charge is 2.12. The number of non-ortho nitro benzene ring substituents is 2. The largest absolute Gasteiger partial charge is 0.422 e. The molecule has 0 aliphatic carbocycles. The average Bonchev–Trinajstić information content (AvgIpc) is 2.65. The molecule has 27 heavy (non-hydrogen) atoms. The third-order valence-electron chi connectivity index (χ3n) is 3.75. The molecule has 1 heterocycles. The molecule has 0 saturated heterocycles. The van der Waals surface area contributed by atoms with Gasteiger partial charge in [0, 0.05) is 29.7 Å². The minimum atomic E-state index is -0.636. The second kappa shape index (κ2) is 7.04. The third kappa shape index (κ3) is 3.79. The number of hydrazone groups is 1. The van der Waals surface area contributed by atoms with E-state index in [-0.39, 0.29) is 28.2 Å². The molecule has 0 radical (unpaired) electrons. The zero-order valence-electron chi connectivity index (χ0n) is 13.9. The topological polar surface area (TPSA) is 141 Å². The van der Waals surface area contributed by atoms with Crippen molar-refractivity contribution in [3.05, 3.63) is 84.7 Å². The third-order valence-corrected chi connectivity index (χ3v) is 3.75. The summed E-state index contributed by atoms with van der Waals surface area (Å²) in [5.74, 6) is 0. The predicted octanol–water partition coefficient (Wildman–Crippen LogP) is 3.45. The van der Waals surface area contributed by atoms with Crippen molar-refractivity contribution in [2.24, 2.45) is 5.10 Å². The first-order chi connectivity index (χ1) is 12.8. The van der Waals surface area contributed by atoms with E-state index in [1.807, 2.05) is 0 Å². The van der Waals surface area contributed by atoms with E-state index in [1.165, 1.54) is 48.5 Å². The molecule has 0 fully saturated rings. The van der Waals surface area contributed by atoms with E-state index in [9.17, 15) is 25.0 Å². The highest BCUT2D eigenvalue weighted by atomic mass is 16.6. The second-order valence-electron chi connectivity index (χ2n) is 5.54. The Morgan fingerprint density at radius 3 is 2.26 bits per heavy atom. The molecule has 0 unspecified atom stereocenters. The van der Waals surface area contributed by atoms with Crippen molar-refractivity contribution in [2.75, 3.05) is 5.43 Å². The van der Waals surface area contributed by atoms with Crippen LogP contribution in [0.5, 0.6) is 0 Å². The van der Waals surface area contributed by atoms with Gasteiger partial charge in [-0.05, 0) is 31.2 Å². The van der Waals surface area contributed by atoms with E-state index < -0.39 is 15.5 Å². The van der Waals surface area contributed by atoms with E-state index in [2.05, 4.69) is 10.5 Å². The second-order valence-corrected chi connectivity index (χ2v) is 5.54. The number of nitrogens with zero attached hydrogens (tertiary/aromatic N) is 3. The van der Waals surface area contributed by atoms with Crippen LogP contribution in [0.3, 0.4) is 0 Å². The minimum Gasteiger partial charge on any atom is -0.422 e. The van der Waals surface area contributed by atoms with Crippen molar-refractivity contribution in [1.82, 2.24) is 0 Å². The van der Waals surface area contributed by atoms with Gasteiger partial charge in [-0.2, -0.15) is 5.10 Å². The number of rotatable bonds is 5. The number of nitrogens with one attached hydrogen (secondary N) is 1. The molecule has 1 aromatic heterocycles. The van der Waals surface area contributed by atoms with Crippen LogP contribution in [0.25, 0.3) is 11.0 Å². The highest BCUT2D eigenvalue weighted by Crippen LogP contribution is 2.21. The van der Waals surface area contributed by atoms with E-state index in [0.717, 1.165) is 0 Å². The van der Waals surface area contributed by atoms with Crippen LogP contribution in [0.4, 0.5) is 17.1 Å². The Labute approximate surface area is 151 Å². The molecule has 0 spiro atoms. The highest BCUT2D eigenvalue weighted by molar-refractivity contribution is 6.01. The lowest BCUT2D eigenvalue weighted by Crippen LogP contribution is -2.13. The van der Waals surface area contributed by atoms with Crippen molar-refractivity contribution >= 4 is 33.7 Å². The number of hydrogen-bond acceptors (Lipinski definition) is 8. The zero-order valence-corrected chi connectivity index (χ0v) is 13.9. The average molecular weight is 368 g/mol. The van der Waals surface area contributed by atoms with Gasteiger partial charge < -0.3 is 4.42 Å². The molecule has 3 rings (SSSR count). The standard InChI is InChI=1S/C17H12N4O6/c1-10(18-19-12-2-4-13(5-3-12)20(23)24)15-9-11-8-14(21(25)26)6-7-16(11)27-17(15)22/h2-9,19H,1H3/b18-10+. The summed E-state index contributed by atoms with van der Waals surface area (Å²) in [6.07, 6.45) is 0. The van der Waals surface area contributed by atoms with E-state index in [0.29, 0.717) is 11.1 Å². The fourth-order valence-corrected chi connectivity index (χ4v) is 2.34. The maximum atomic E-state index is 12.1. The summed E-state index contributed by atoms with van der Waals surface area (Å²) in [6, 6.07) is 11.0. The summed E-state index contributed by atoms with van der Waals surface area (Å²) < 4.78 is 5.18. The minimum absolute atomic E-state index is 0.0574. The van der Waals surface area contributed by atoms with Gasteiger partial charge in [0.05, 0.1) is 26.8 Å². The molecule has 0 aliphatic heterocycles. The van der Waals surface area contributed by atoms with Crippen LogP contribution < -0.4 is 11.1 Å². The maximum Gasteiger partial charge on any atom is 0.345 e. The normalized spacial score (nSPS) is 11.4. The lowest BCUT2D eigenvalue weighted by molar-refractivity contribution is -0.385. The Kier molecular flexibility index (Phi) is 4.62. The number of nitro groups is 2. The number of anilines is 1. The summed E-state index contributed by atoms with van der Waals surface area (Å²) in [5, 5.41) is 26.0. The molecular formula is C17H12N4O6. The van der Waals surface area contributed by atoms with Gasteiger partial charge in [-0.15, -0.1) is 0 Å². The van der Waals surface area contributed by atoms with Gasteiger partial charge in [-0.1, -0.05) is 0 Å². The summed E-state index contributed by atoms with van der Waals surface area (Å²) in [6.45, 7) is 1.56. The molecule has 0 aliphatic rings. The lowest BCUT2D eigenvalue weighted by Gasteiger charge is -2.04. The van der Waals surface area contributed by atoms with Crippen LogP contribution in [0, 0.1) is 20.2 Å². The van der Waals surface area contributed by atoms with Gasteiger partial charge in [0.25, 0.3) is 11.4 Å². The number of benzene rings is 2. The van der Waals surface area contributed by atoms with E-state index >= 15 is 0 Å². The molecular weight excluding hydrogens is 356 g/mol. The van der Waals surface area contributed by atoms with Crippen LogP contribution in [0.2, 0.25) is 0 Å². The van der Waals surface area contributed by atoms with Crippen molar-refractivity contribution in [2.45, 2.75) is 6.92 Å². The quantitative estimate of drug-likeness (QED) is 0.314. The first-order valence-corrected chi connectivity index (χ1v) is 7.62. The molecule has 0 atom stereocenters. The summed E-state index contributed by atoms with van der Waals surface area (Å²) >= 11 is 0. The van der Waals surface area contributed by atoms with E-state index in [1.54, 1.807) is 6.92 Å². The monoisotopic (exact) mass is 368 g/mol. The smallest absolute Gasteiger partial charge is 0.345 e. The van der Waals surface area contributed by atoms with Gasteiger partial charge in [0.1, 0.15) is 5.58 Å². The summed E-state index contributed by atoms with van der Waals surface area (Å²) in [4.78, 5) is 32.6. The van der Waals surface area contributed by atoms with E-state index in [4.69, 9.17) is 4.42 Å². The molecule has 1 N–H and O–H groups in total. The fraction of sp³-hybridized carbons (Fsp3) is 0.0588. The van der Waals surface area contributed by atoms with Crippen molar-refractivity contribution in [1.29, 1.82) is 0 Å². The Balaban J connectivity index is 1.91. The molecule has 136 valence electrons. The number of fused-ring (bicyclic) bond motifs is 1. The first kappa shape index (κ1) is 17.7.